The number of para-hydroxylation sites is 1. The second kappa shape index (κ2) is 9.96. The van der Waals surface area contributed by atoms with Crippen LogP contribution in [0.3, 0.4) is 0 Å². The second-order valence-corrected chi connectivity index (χ2v) is 7.72. The molecule has 0 atom stereocenters. The van der Waals surface area contributed by atoms with Crippen molar-refractivity contribution in [2.75, 3.05) is 0 Å². The van der Waals surface area contributed by atoms with Crippen molar-refractivity contribution in [3.63, 3.8) is 0 Å². The molecule has 0 aliphatic heterocycles. The van der Waals surface area contributed by atoms with Crippen molar-refractivity contribution in [1.29, 1.82) is 0 Å². The summed E-state index contributed by atoms with van der Waals surface area (Å²) in [5, 5.41) is 9.54. The minimum absolute atomic E-state index is 0.141. The van der Waals surface area contributed by atoms with E-state index in [4.69, 9.17) is 9.47 Å². The highest BCUT2D eigenvalue weighted by Crippen LogP contribution is 2.32. The molecule has 0 aliphatic carbocycles. The maximum atomic E-state index is 12.7. The Morgan fingerprint density at radius 2 is 1.56 bits per heavy atom. The summed E-state index contributed by atoms with van der Waals surface area (Å²) in [7, 11) is 0. The SMILES string of the molecule is Cc1cc(C=CC(=O)c2ccc(Oc3ccccc3)cc2)c(OC(C)C)c(C)c1C(=O)O. The van der Waals surface area contributed by atoms with Crippen molar-refractivity contribution in [3.8, 4) is 17.2 Å². The van der Waals surface area contributed by atoms with Crippen molar-refractivity contribution < 1.29 is 24.2 Å². The van der Waals surface area contributed by atoms with Gasteiger partial charge >= 0.3 is 5.97 Å². The van der Waals surface area contributed by atoms with E-state index >= 15 is 0 Å². The largest absolute Gasteiger partial charge is 0.490 e. The number of aryl methyl sites for hydroxylation is 1. The Hall–Kier alpha value is -3.86. The zero-order valence-corrected chi connectivity index (χ0v) is 18.6. The number of ketones is 1. The maximum Gasteiger partial charge on any atom is 0.336 e. The summed E-state index contributed by atoms with van der Waals surface area (Å²) in [5.74, 6) is 0.653. The fraction of sp³-hybridized carbons (Fsp3) is 0.185. The third kappa shape index (κ3) is 5.43. The highest BCUT2D eigenvalue weighted by molar-refractivity contribution is 6.07. The van der Waals surface area contributed by atoms with Gasteiger partial charge in [0.05, 0.1) is 11.7 Å². The first-order chi connectivity index (χ1) is 15.3. The van der Waals surface area contributed by atoms with Gasteiger partial charge in [0, 0.05) is 16.7 Å². The predicted octanol–water partition coefficient (Wildman–Crippen LogP) is 6.48. The molecule has 0 aromatic heterocycles. The summed E-state index contributed by atoms with van der Waals surface area (Å²) in [6.07, 6.45) is 2.99. The van der Waals surface area contributed by atoms with Gasteiger partial charge in [-0.15, -0.1) is 0 Å². The molecule has 0 saturated carbocycles. The lowest BCUT2D eigenvalue weighted by Gasteiger charge is -2.18. The summed E-state index contributed by atoms with van der Waals surface area (Å²) < 4.78 is 11.6. The summed E-state index contributed by atoms with van der Waals surface area (Å²) in [6.45, 7) is 7.20. The Kier molecular flexibility index (Phi) is 7.11. The zero-order valence-electron chi connectivity index (χ0n) is 18.6. The van der Waals surface area contributed by atoms with Gasteiger partial charge in [0.25, 0.3) is 0 Å². The number of hydrogen-bond donors (Lipinski definition) is 1. The molecule has 0 fully saturated rings. The van der Waals surface area contributed by atoms with E-state index in [0.29, 0.717) is 33.8 Å². The van der Waals surface area contributed by atoms with Crippen molar-refractivity contribution in [2.24, 2.45) is 0 Å². The Morgan fingerprint density at radius 1 is 0.938 bits per heavy atom. The third-order valence-corrected chi connectivity index (χ3v) is 4.84. The van der Waals surface area contributed by atoms with Crippen molar-refractivity contribution in [1.82, 2.24) is 0 Å². The second-order valence-electron chi connectivity index (χ2n) is 7.72. The molecule has 0 unspecified atom stereocenters. The van der Waals surface area contributed by atoms with Gasteiger partial charge in [0.15, 0.2) is 5.78 Å². The number of aromatic carboxylic acids is 1. The molecular formula is C27H26O5. The van der Waals surface area contributed by atoms with Crippen molar-refractivity contribution in [3.05, 3.63) is 94.6 Å². The van der Waals surface area contributed by atoms with E-state index in [0.717, 1.165) is 5.75 Å². The van der Waals surface area contributed by atoms with E-state index in [2.05, 4.69) is 0 Å². The fourth-order valence-electron chi connectivity index (χ4n) is 3.42. The number of carbonyl (C=O) groups excluding carboxylic acids is 1. The number of carboxylic acid groups (broad SMARTS) is 1. The topological polar surface area (TPSA) is 72.8 Å². The molecular weight excluding hydrogens is 404 g/mol. The molecule has 0 radical (unpaired) electrons. The Balaban J connectivity index is 1.83. The van der Waals surface area contributed by atoms with Crippen molar-refractivity contribution >= 4 is 17.8 Å². The molecule has 32 heavy (non-hydrogen) atoms. The van der Waals surface area contributed by atoms with Crippen LogP contribution in [-0.2, 0) is 0 Å². The van der Waals surface area contributed by atoms with Crippen LogP contribution < -0.4 is 9.47 Å². The van der Waals surface area contributed by atoms with Crippen molar-refractivity contribution in [2.45, 2.75) is 33.8 Å². The van der Waals surface area contributed by atoms with Crippen LogP contribution in [0.4, 0.5) is 0 Å². The number of ether oxygens (including phenoxy) is 2. The molecule has 5 heteroatoms. The first-order valence-corrected chi connectivity index (χ1v) is 10.4. The minimum Gasteiger partial charge on any atom is -0.490 e. The van der Waals surface area contributed by atoms with Gasteiger partial charge in [-0.25, -0.2) is 4.79 Å². The van der Waals surface area contributed by atoms with E-state index in [1.54, 1.807) is 50.3 Å². The molecule has 5 nitrogen and oxygen atoms in total. The van der Waals surface area contributed by atoms with E-state index in [1.807, 2.05) is 44.2 Å². The average molecular weight is 431 g/mol. The van der Waals surface area contributed by atoms with E-state index in [-0.39, 0.29) is 17.5 Å². The molecule has 3 rings (SSSR count). The number of carbonyl (C=O) groups is 2. The van der Waals surface area contributed by atoms with Crippen LogP contribution in [0, 0.1) is 13.8 Å². The highest BCUT2D eigenvalue weighted by Gasteiger charge is 2.19. The molecule has 0 bridgehead atoms. The lowest BCUT2D eigenvalue weighted by atomic mass is 9.97. The van der Waals surface area contributed by atoms with Crippen LogP contribution in [0.15, 0.2) is 66.7 Å². The van der Waals surface area contributed by atoms with Crippen LogP contribution in [0.1, 0.15) is 51.3 Å². The lowest BCUT2D eigenvalue weighted by molar-refractivity contribution is 0.0694. The number of rotatable bonds is 8. The van der Waals surface area contributed by atoms with Crippen LogP contribution in [-0.4, -0.2) is 23.0 Å². The Labute approximate surface area is 187 Å². The standard InChI is InChI=1S/C27H26O5/c1-17(2)31-26-19(4)25(27(29)30)18(3)16-21(26)12-15-24(28)20-10-13-23(14-11-20)32-22-8-6-5-7-9-22/h5-17H,1-4H3,(H,29,30). The zero-order chi connectivity index (χ0) is 23.3. The Bertz CT molecular complexity index is 1140. The normalized spacial score (nSPS) is 11.0. The van der Waals surface area contributed by atoms with Crippen LogP contribution in [0.25, 0.3) is 6.08 Å². The smallest absolute Gasteiger partial charge is 0.336 e. The van der Waals surface area contributed by atoms with E-state index in [9.17, 15) is 14.7 Å². The first-order valence-electron chi connectivity index (χ1n) is 10.4. The molecule has 3 aromatic carbocycles. The molecule has 0 heterocycles. The van der Waals surface area contributed by atoms with Gasteiger partial charge in [-0.3, -0.25) is 4.79 Å². The number of benzene rings is 3. The maximum absolute atomic E-state index is 12.7. The van der Waals surface area contributed by atoms with Gasteiger partial charge < -0.3 is 14.6 Å². The van der Waals surface area contributed by atoms with E-state index in [1.165, 1.54) is 6.08 Å². The van der Waals surface area contributed by atoms with Gasteiger partial charge in [0.2, 0.25) is 0 Å². The fourth-order valence-corrected chi connectivity index (χ4v) is 3.42. The van der Waals surface area contributed by atoms with Crippen LogP contribution in [0.2, 0.25) is 0 Å². The first kappa shape index (κ1) is 22.8. The lowest BCUT2D eigenvalue weighted by Crippen LogP contribution is -2.12. The quantitative estimate of drug-likeness (QED) is 0.327. The average Bonchev–Trinajstić information content (AvgIpc) is 2.75. The molecule has 0 amide bonds. The number of carboxylic acids is 1. The van der Waals surface area contributed by atoms with Gasteiger partial charge in [0.1, 0.15) is 17.2 Å². The summed E-state index contributed by atoms with van der Waals surface area (Å²) >= 11 is 0. The molecule has 0 spiro atoms. The predicted molar refractivity (Wildman–Crippen MR) is 125 cm³/mol. The summed E-state index contributed by atoms with van der Waals surface area (Å²) in [4.78, 5) is 24.4. The molecule has 0 aliphatic rings. The third-order valence-electron chi connectivity index (χ3n) is 4.84. The molecule has 1 N–H and O–H groups in total. The minimum atomic E-state index is -1.00. The Morgan fingerprint density at radius 3 is 2.16 bits per heavy atom. The summed E-state index contributed by atoms with van der Waals surface area (Å²) in [6, 6.07) is 18.1. The van der Waals surface area contributed by atoms with Gasteiger partial charge in [-0.05, 0) is 87.9 Å². The molecule has 3 aromatic rings. The van der Waals surface area contributed by atoms with Crippen LogP contribution in [0.5, 0.6) is 17.2 Å². The number of hydrogen-bond acceptors (Lipinski definition) is 4. The highest BCUT2D eigenvalue weighted by atomic mass is 16.5. The van der Waals surface area contributed by atoms with Crippen LogP contribution >= 0.6 is 0 Å². The number of allylic oxidation sites excluding steroid dienone is 1. The summed E-state index contributed by atoms with van der Waals surface area (Å²) in [5.41, 5.74) is 2.55. The van der Waals surface area contributed by atoms with Gasteiger partial charge in [-0.1, -0.05) is 18.2 Å². The van der Waals surface area contributed by atoms with E-state index < -0.39 is 5.97 Å². The molecule has 0 saturated heterocycles. The monoisotopic (exact) mass is 430 g/mol. The molecule has 164 valence electrons. The van der Waals surface area contributed by atoms with Gasteiger partial charge in [-0.2, -0.15) is 0 Å².